The molecule has 2 rings (SSSR count). The SMILES string of the molecule is COC(=O)c1cc2cc(C)oc2cc1F. The summed E-state index contributed by atoms with van der Waals surface area (Å²) in [7, 11) is 1.21. The third-order valence-corrected chi connectivity index (χ3v) is 2.13. The molecule has 0 unspecified atom stereocenters. The van der Waals surface area contributed by atoms with Gasteiger partial charge in [0.05, 0.1) is 12.7 Å². The Balaban J connectivity index is 2.66. The summed E-state index contributed by atoms with van der Waals surface area (Å²) in [4.78, 5) is 11.2. The molecular weight excluding hydrogens is 199 g/mol. The zero-order valence-corrected chi connectivity index (χ0v) is 8.33. The number of hydrogen-bond donors (Lipinski definition) is 0. The van der Waals surface area contributed by atoms with E-state index in [1.165, 1.54) is 19.2 Å². The van der Waals surface area contributed by atoms with Gasteiger partial charge in [0.15, 0.2) is 0 Å². The largest absolute Gasteiger partial charge is 0.465 e. The number of carbonyl (C=O) groups is 1. The molecule has 4 heteroatoms. The van der Waals surface area contributed by atoms with E-state index in [0.29, 0.717) is 16.7 Å². The van der Waals surface area contributed by atoms with Gasteiger partial charge in [-0.15, -0.1) is 0 Å². The molecule has 1 aromatic heterocycles. The molecule has 0 radical (unpaired) electrons. The van der Waals surface area contributed by atoms with Gasteiger partial charge >= 0.3 is 5.97 Å². The van der Waals surface area contributed by atoms with E-state index in [1.807, 2.05) is 0 Å². The number of fused-ring (bicyclic) bond motifs is 1. The van der Waals surface area contributed by atoms with Gasteiger partial charge in [0.1, 0.15) is 17.2 Å². The number of rotatable bonds is 1. The standard InChI is InChI=1S/C11H9FO3/c1-6-3-7-4-8(11(13)14-2)9(12)5-10(7)15-6/h3-5H,1-2H3. The first-order valence-corrected chi connectivity index (χ1v) is 4.40. The first kappa shape index (κ1) is 9.71. The van der Waals surface area contributed by atoms with Crippen molar-refractivity contribution >= 4 is 16.9 Å². The maximum atomic E-state index is 13.4. The number of methoxy groups -OCH3 is 1. The summed E-state index contributed by atoms with van der Waals surface area (Å²) in [5.74, 6) is -0.650. The Morgan fingerprint density at radius 1 is 1.40 bits per heavy atom. The Bertz CT molecular complexity index is 528. The fourth-order valence-corrected chi connectivity index (χ4v) is 1.46. The van der Waals surface area contributed by atoms with Crippen molar-refractivity contribution in [3.8, 4) is 0 Å². The Morgan fingerprint density at radius 3 is 2.80 bits per heavy atom. The molecule has 0 aliphatic rings. The van der Waals surface area contributed by atoms with E-state index in [4.69, 9.17) is 4.42 Å². The molecule has 78 valence electrons. The third-order valence-electron chi connectivity index (χ3n) is 2.13. The first-order chi connectivity index (χ1) is 7.11. The number of halogens is 1. The molecule has 0 atom stereocenters. The number of ether oxygens (including phenoxy) is 1. The van der Waals surface area contributed by atoms with Crippen LogP contribution in [0.4, 0.5) is 4.39 Å². The molecule has 0 N–H and O–H groups in total. The number of benzene rings is 1. The van der Waals surface area contributed by atoms with Crippen LogP contribution in [0.25, 0.3) is 11.0 Å². The Hall–Kier alpha value is -1.84. The fraction of sp³-hybridized carbons (Fsp3) is 0.182. The molecule has 0 aliphatic heterocycles. The monoisotopic (exact) mass is 208 g/mol. The highest BCUT2D eigenvalue weighted by molar-refractivity contribution is 5.94. The van der Waals surface area contributed by atoms with Crippen LogP contribution in [0.5, 0.6) is 0 Å². The number of furan rings is 1. The van der Waals surface area contributed by atoms with E-state index in [-0.39, 0.29) is 5.56 Å². The van der Waals surface area contributed by atoms with Gasteiger partial charge in [-0.1, -0.05) is 0 Å². The van der Waals surface area contributed by atoms with Gasteiger partial charge in [-0.3, -0.25) is 0 Å². The van der Waals surface area contributed by atoms with Crippen LogP contribution in [0.15, 0.2) is 22.6 Å². The molecule has 0 saturated heterocycles. The van der Waals surface area contributed by atoms with Crippen LogP contribution in [0, 0.1) is 12.7 Å². The molecule has 0 spiro atoms. The number of aryl methyl sites for hydroxylation is 1. The fourth-order valence-electron chi connectivity index (χ4n) is 1.46. The van der Waals surface area contributed by atoms with Crippen molar-refractivity contribution in [1.82, 2.24) is 0 Å². The Labute approximate surface area is 85.4 Å². The average Bonchev–Trinajstić information content (AvgIpc) is 2.55. The first-order valence-electron chi connectivity index (χ1n) is 4.40. The molecule has 0 aliphatic carbocycles. The van der Waals surface area contributed by atoms with Gasteiger partial charge in [-0.25, -0.2) is 9.18 Å². The normalized spacial score (nSPS) is 10.6. The zero-order chi connectivity index (χ0) is 11.0. The number of carbonyl (C=O) groups excluding carboxylic acids is 1. The summed E-state index contributed by atoms with van der Waals surface area (Å²) in [5.41, 5.74) is 0.350. The summed E-state index contributed by atoms with van der Waals surface area (Å²) in [6.45, 7) is 1.76. The molecular formula is C11H9FO3. The highest BCUT2D eigenvalue weighted by Gasteiger charge is 2.14. The second kappa shape index (κ2) is 3.38. The van der Waals surface area contributed by atoms with Crippen LogP contribution < -0.4 is 0 Å². The zero-order valence-electron chi connectivity index (χ0n) is 8.33. The molecule has 2 aromatic rings. The van der Waals surface area contributed by atoms with Crippen molar-refractivity contribution in [2.45, 2.75) is 6.92 Å². The number of hydrogen-bond acceptors (Lipinski definition) is 3. The second-order valence-corrected chi connectivity index (χ2v) is 3.22. The quantitative estimate of drug-likeness (QED) is 0.676. The highest BCUT2D eigenvalue weighted by atomic mass is 19.1. The summed E-state index contributed by atoms with van der Waals surface area (Å²) in [6, 6.07) is 4.35. The summed E-state index contributed by atoms with van der Waals surface area (Å²) >= 11 is 0. The van der Waals surface area contributed by atoms with E-state index in [9.17, 15) is 9.18 Å². The lowest BCUT2D eigenvalue weighted by molar-refractivity contribution is 0.0596. The van der Waals surface area contributed by atoms with Crippen molar-refractivity contribution < 1.29 is 18.3 Å². The lowest BCUT2D eigenvalue weighted by Crippen LogP contribution is -2.03. The van der Waals surface area contributed by atoms with Crippen molar-refractivity contribution in [3.63, 3.8) is 0 Å². The number of esters is 1. The van der Waals surface area contributed by atoms with Crippen molar-refractivity contribution in [1.29, 1.82) is 0 Å². The van der Waals surface area contributed by atoms with E-state index in [2.05, 4.69) is 4.74 Å². The van der Waals surface area contributed by atoms with E-state index >= 15 is 0 Å². The van der Waals surface area contributed by atoms with Gasteiger partial charge in [-0.05, 0) is 19.1 Å². The minimum absolute atomic E-state index is 0.0780. The lowest BCUT2D eigenvalue weighted by atomic mass is 10.1. The van der Waals surface area contributed by atoms with Gasteiger partial charge in [-0.2, -0.15) is 0 Å². The van der Waals surface area contributed by atoms with Crippen LogP contribution in [-0.2, 0) is 4.74 Å². The predicted molar refractivity (Wildman–Crippen MR) is 52.2 cm³/mol. The van der Waals surface area contributed by atoms with Crippen molar-refractivity contribution in [2.24, 2.45) is 0 Å². The average molecular weight is 208 g/mol. The predicted octanol–water partition coefficient (Wildman–Crippen LogP) is 2.67. The van der Waals surface area contributed by atoms with E-state index < -0.39 is 11.8 Å². The molecule has 3 nitrogen and oxygen atoms in total. The van der Waals surface area contributed by atoms with Gasteiger partial charge < -0.3 is 9.15 Å². The molecule has 0 saturated carbocycles. The van der Waals surface area contributed by atoms with E-state index in [0.717, 1.165) is 0 Å². The minimum atomic E-state index is -0.687. The second-order valence-electron chi connectivity index (χ2n) is 3.22. The van der Waals surface area contributed by atoms with Crippen molar-refractivity contribution in [3.05, 3.63) is 35.3 Å². The minimum Gasteiger partial charge on any atom is -0.465 e. The van der Waals surface area contributed by atoms with Gasteiger partial charge in [0.2, 0.25) is 0 Å². The maximum absolute atomic E-state index is 13.4. The van der Waals surface area contributed by atoms with Crippen molar-refractivity contribution in [2.75, 3.05) is 7.11 Å². The Kier molecular flexibility index (Phi) is 2.19. The highest BCUT2D eigenvalue weighted by Crippen LogP contribution is 2.23. The van der Waals surface area contributed by atoms with Crippen LogP contribution in [0.3, 0.4) is 0 Å². The smallest absolute Gasteiger partial charge is 0.340 e. The lowest BCUT2D eigenvalue weighted by Gasteiger charge is -2.00. The third kappa shape index (κ3) is 1.58. The summed E-state index contributed by atoms with van der Waals surface area (Å²) < 4.78 is 23.1. The Morgan fingerprint density at radius 2 is 2.13 bits per heavy atom. The maximum Gasteiger partial charge on any atom is 0.340 e. The van der Waals surface area contributed by atoms with Gasteiger partial charge in [0.25, 0.3) is 0 Å². The summed E-state index contributed by atoms with van der Waals surface area (Å²) in [6.07, 6.45) is 0. The topological polar surface area (TPSA) is 39.4 Å². The molecule has 0 fully saturated rings. The van der Waals surface area contributed by atoms with Crippen LogP contribution in [0.1, 0.15) is 16.1 Å². The molecule has 1 heterocycles. The van der Waals surface area contributed by atoms with Crippen LogP contribution in [0.2, 0.25) is 0 Å². The summed E-state index contributed by atoms with van der Waals surface area (Å²) in [5, 5.41) is 0.689. The molecule has 15 heavy (non-hydrogen) atoms. The molecule has 1 aromatic carbocycles. The molecule has 0 amide bonds. The molecule has 0 bridgehead atoms. The van der Waals surface area contributed by atoms with Crippen LogP contribution >= 0.6 is 0 Å². The van der Waals surface area contributed by atoms with E-state index in [1.54, 1.807) is 13.0 Å². The van der Waals surface area contributed by atoms with Gasteiger partial charge in [0, 0.05) is 11.5 Å². The van der Waals surface area contributed by atoms with Crippen LogP contribution in [-0.4, -0.2) is 13.1 Å².